The van der Waals surface area contributed by atoms with E-state index in [1.165, 1.54) is 0 Å². The van der Waals surface area contributed by atoms with Crippen molar-refractivity contribution >= 4 is 5.91 Å². The number of hydrogen-bond acceptors (Lipinski definition) is 5. The van der Waals surface area contributed by atoms with E-state index in [9.17, 15) is 4.79 Å². The first-order chi connectivity index (χ1) is 10.7. The molecule has 1 N–H and O–H groups in total. The number of hydrogen-bond donors (Lipinski definition) is 1. The van der Waals surface area contributed by atoms with Crippen LogP contribution in [0.5, 0.6) is 0 Å². The number of amides is 1. The smallest absolute Gasteiger partial charge is 0.274 e. The molecule has 0 spiro atoms. The number of carbonyl (C=O) groups excluding carboxylic acids is 1. The molecule has 1 amide bonds. The molecule has 3 rings (SSSR count). The zero-order chi connectivity index (χ0) is 15.5. The second-order valence-corrected chi connectivity index (χ2v) is 5.41. The van der Waals surface area contributed by atoms with Gasteiger partial charge in [0.25, 0.3) is 5.91 Å². The Morgan fingerprint density at radius 2 is 2.18 bits per heavy atom. The van der Waals surface area contributed by atoms with E-state index in [-0.39, 0.29) is 11.9 Å². The normalized spacial score (nSPS) is 19.4. The van der Waals surface area contributed by atoms with Gasteiger partial charge in [0.15, 0.2) is 0 Å². The van der Waals surface area contributed by atoms with Gasteiger partial charge in [-0.1, -0.05) is 6.92 Å². The van der Waals surface area contributed by atoms with Crippen LogP contribution in [0.15, 0.2) is 24.8 Å². The number of aromatic nitrogens is 4. The molecule has 0 aliphatic carbocycles. The summed E-state index contributed by atoms with van der Waals surface area (Å²) >= 11 is 0. The lowest BCUT2D eigenvalue weighted by Gasteiger charge is -2.39. The van der Waals surface area contributed by atoms with E-state index in [1.54, 1.807) is 18.6 Å². The van der Waals surface area contributed by atoms with Gasteiger partial charge in [-0.05, 0) is 13.5 Å². The van der Waals surface area contributed by atoms with Crippen molar-refractivity contribution in [3.05, 3.63) is 42.0 Å². The molecule has 116 valence electrons. The summed E-state index contributed by atoms with van der Waals surface area (Å²) in [5.74, 6) is 0.828. The molecule has 22 heavy (non-hydrogen) atoms. The predicted octanol–water partition coefficient (Wildman–Crippen LogP) is 1.03. The number of likely N-dealkylation sites (N-methyl/N-ethyl adjacent to an activating group) is 1. The third kappa shape index (κ3) is 2.85. The van der Waals surface area contributed by atoms with Gasteiger partial charge in [-0.25, -0.2) is 9.97 Å². The Morgan fingerprint density at radius 3 is 2.82 bits per heavy atom. The molecule has 1 aliphatic heterocycles. The summed E-state index contributed by atoms with van der Waals surface area (Å²) in [6.45, 7) is 7.03. The highest BCUT2D eigenvalue weighted by Gasteiger charge is 2.32. The van der Waals surface area contributed by atoms with Crippen LogP contribution in [0.4, 0.5) is 0 Å². The third-order valence-corrected chi connectivity index (χ3v) is 4.02. The van der Waals surface area contributed by atoms with Crippen LogP contribution in [0.1, 0.15) is 35.0 Å². The van der Waals surface area contributed by atoms with Crippen LogP contribution in [-0.4, -0.2) is 61.8 Å². The van der Waals surface area contributed by atoms with Gasteiger partial charge in [-0.2, -0.15) is 0 Å². The first-order valence-electron chi connectivity index (χ1n) is 7.50. The third-order valence-electron chi connectivity index (χ3n) is 4.02. The molecule has 1 atom stereocenters. The van der Waals surface area contributed by atoms with Gasteiger partial charge in [-0.3, -0.25) is 14.7 Å². The minimum Gasteiger partial charge on any atom is -0.347 e. The van der Waals surface area contributed by atoms with Crippen molar-refractivity contribution in [1.82, 2.24) is 29.7 Å². The lowest BCUT2D eigenvalue weighted by atomic mass is 10.1. The van der Waals surface area contributed by atoms with Gasteiger partial charge in [0, 0.05) is 38.2 Å². The molecule has 7 heteroatoms. The summed E-state index contributed by atoms with van der Waals surface area (Å²) < 4.78 is 0. The number of piperazine rings is 1. The Balaban J connectivity index is 1.78. The van der Waals surface area contributed by atoms with E-state index in [1.807, 2.05) is 18.0 Å². The molecule has 0 saturated carbocycles. The highest BCUT2D eigenvalue weighted by Crippen LogP contribution is 2.23. The van der Waals surface area contributed by atoms with Crippen LogP contribution in [-0.2, 0) is 0 Å². The van der Waals surface area contributed by atoms with Crippen molar-refractivity contribution < 1.29 is 4.79 Å². The molecule has 0 unspecified atom stereocenters. The summed E-state index contributed by atoms with van der Waals surface area (Å²) in [7, 11) is 0. The van der Waals surface area contributed by atoms with Gasteiger partial charge in [0.1, 0.15) is 11.5 Å². The van der Waals surface area contributed by atoms with Crippen LogP contribution < -0.4 is 0 Å². The Hall–Kier alpha value is -2.28. The predicted molar refractivity (Wildman–Crippen MR) is 81.2 cm³/mol. The van der Waals surface area contributed by atoms with Crippen molar-refractivity contribution in [3.8, 4) is 0 Å². The van der Waals surface area contributed by atoms with Crippen molar-refractivity contribution in [2.45, 2.75) is 19.9 Å². The zero-order valence-electron chi connectivity index (χ0n) is 12.9. The standard InChI is InChI=1S/C15H20N6O/c1-3-20-6-7-21(10-13(20)14-16-4-5-17-14)15(22)12-9-18-11(2)8-19-12/h4-5,8-9,13H,3,6-7,10H2,1-2H3,(H,16,17)/t13-/m0/s1. The first kappa shape index (κ1) is 14.6. The molecule has 0 aromatic carbocycles. The monoisotopic (exact) mass is 300 g/mol. The van der Waals surface area contributed by atoms with E-state index in [0.29, 0.717) is 18.8 Å². The Kier molecular flexibility index (Phi) is 4.15. The maximum atomic E-state index is 12.6. The zero-order valence-corrected chi connectivity index (χ0v) is 12.9. The van der Waals surface area contributed by atoms with Gasteiger partial charge in [0.05, 0.1) is 17.9 Å². The van der Waals surface area contributed by atoms with Crippen molar-refractivity contribution in [2.75, 3.05) is 26.2 Å². The van der Waals surface area contributed by atoms with Crippen LogP contribution in [0.25, 0.3) is 0 Å². The SMILES string of the molecule is CCN1CCN(C(=O)c2cnc(C)cn2)C[C@H]1c1ncc[nH]1. The largest absolute Gasteiger partial charge is 0.347 e. The summed E-state index contributed by atoms with van der Waals surface area (Å²) in [6, 6.07) is 0.0936. The molecular formula is C15H20N6O. The Bertz CT molecular complexity index is 624. The van der Waals surface area contributed by atoms with Gasteiger partial charge >= 0.3 is 0 Å². The summed E-state index contributed by atoms with van der Waals surface area (Å²) in [4.78, 5) is 32.6. The van der Waals surface area contributed by atoms with E-state index in [2.05, 4.69) is 31.8 Å². The van der Waals surface area contributed by atoms with Crippen molar-refractivity contribution in [1.29, 1.82) is 0 Å². The van der Waals surface area contributed by atoms with Crippen LogP contribution >= 0.6 is 0 Å². The summed E-state index contributed by atoms with van der Waals surface area (Å²) in [5.41, 5.74) is 1.20. The topological polar surface area (TPSA) is 78.0 Å². The number of H-pyrrole nitrogens is 1. The minimum absolute atomic E-state index is 0.0696. The van der Waals surface area contributed by atoms with E-state index in [4.69, 9.17) is 0 Å². The average Bonchev–Trinajstić information content (AvgIpc) is 3.08. The quantitative estimate of drug-likeness (QED) is 0.916. The molecule has 7 nitrogen and oxygen atoms in total. The molecular weight excluding hydrogens is 280 g/mol. The fraction of sp³-hybridized carbons (Fsp3) is 0.467. The van der Waals surface area contributed by atoms with E-state index in [0.717, 1.165) is 24.6 Å². The Labute approximate surface area is 129 Å². The number of aryl methyl sites for hydroxylation is 1. The van der Waals surface area contributed by atoms with Crippen LogP contribution in [0.2, 0.25) is 0 Å². The Morgan fingerprint density at radius 1 is 1.32 bits per heavy atom. The van der Waals surface area contributed by atoms with Gasteiger partial charge in [0.2, 0.25) is 0 Å². The highest BCUT2D eigenvalue weighted by molar-refractivity contribution is 5.92. The molecule has 1 fully saturated rings. The van der Waals surface area contributed by atoms with Gasteiger partial charge < -0.3 is 9.88 Å². The van der Waals surface area contributed by atoms with E-state index < -0.39 is 0 Å². The van der Waals surface area contributed by atoms with E-state index >= 15 is 0 Å². The molecule has 1 aliphatic rings. The van der Waals surface area contributed by atoms with Crippen LogP contribution in [0.3, 0.4) is 0 Å². The number of imidazole rings is 1. The molecule has 2 aromatic heterocycles. The second kappa shape index (κ2) is 6.23. The lowest BCUT2D eigenvalue weighted by molar-refractivity contribution is 0.0474. The number of aromatic amines is 1. The highest BCUT2D eigenvalue weighted by atomic mass is 16.2. The number of nitrogens with one attached hydrogen (secondary N) is 1. The maximum absolute atomic E-state index is 12.6. The minimum atomic E-state index is -0.0696. The summed E-state index contributed by atoms with van der Waals surface area (Å²) in [5, 5.41) is 0. The lowest BCUT2D eigenvalue weighted by Crippen LogP contribution is -2.50. The fourth-order valence-corrected chi connectivity index (χ4v) is 2.77. The fourth-order valence-electron chi connectivity index (χ4n) is 2.77. The molecule has 3 heterocycles. The van der Waals surface area contributed by atoms with Gasteiger partial charge in [-0.15, -0.1) is 0 Å². The average molecular weight is 300 g/mol. The number of nitrogens with zero attached hydrogens (tertiary/aromatic N) is 5. The number of rotatable bonds is 3. The molecule has 0 radical (unpaired) electrons. The molecule has 1 saturated heterocycles. The second-order valence-electron chi connectivity index (χ2n) is 5.41. The van der Waals surface area contributed by atoms with Crippen molar-refractivity contribution in [3.63, 3.8) is 0 Å². The van der Waals surface area contributed by atoms with Crippen LogP contribution in [0, 0.1) is 6.92 Å². The van der Waals surface area contributed by atoms with Crippen molar-refractivity contribution in [2.24, 2.45) is 0 Å². The molecule has 2 aromatic rings. The maximum Gasteiger partial charge on any atom is 0.274 e. The summed E-state index contributed by atoms with van der Waals surface area (Å²) in [6.07, 6.45) is 6.73. The molecule has 0 bridgehead atoms. The number of carbonyl (C=O) groups is 1. The first-order valence-corrected chi connectivity index (χ1v) is 7.50.